The number of rotatable bonds is 3. The summed E-state index contributed by atoms with van der Waals surface area (Å²) in [6.45, 7) is 5.33. The third-order valence-electron chi connectivity index (χ3n) is 5.11. The molecule has 0 saturated carbocycles. The number of aromatic nitrogens is 4. The van der Waals surface area contributed by atoms with Crippen molar-refractivity contribution in [2.24, 2.45) is 0 Å². The van der Waals surface area contributed by atoms with E-state index in [9.17, 15) is 4.79 Å². The molecule has 0 saturated heterocycles. The average molecular weight is 386 g/mol. The lowest BCUT2D eigenvalue weighted by molar-refractivity contribution is -0.114. The van der Waals surface area contributed by atoms with Crippen molar-refractivity contribution in [1.82, 2.24) is 19.6 Å². The number of nitrogens with zero attached hydrogens (tertiary/aromatic N) is 4. The third kappa shape index (κ3) is 2.74. The van der Waals surface area contributed by atoms with E-state index in [-0.39, 0.29) is 5.78 Å². The van der Waals surface area contributed by atoms with E-state index in [4.69, 9.17) is 14.1 Å². The Morgan fingerprint density at radius 2 is 1.93 bits per heavy atom. The number of hydrogen-bond acceptors (Lipinski definition) is 6. The molecular formula is C22H18N4O3. The van der Waals surface area contributed by atoms with Crippen LogP contribution in [-0.2, 0) is 4.79 Å². The van der Waals surface area contributed by atoms with Gasteiger partial charge < -0.3 is 9.15 Å². The third-order valence-corrected chi connectivity index (χ3v) is 5.11. The van der Waals surface area contributed by atoms with Crippen LogP contribution in [0.5, 0.6) is 5.88 Å². The maximum absolute atomic E-state index is 12.5. The minimum Gasteiger partial charge on any atom is -0.468 e. The van der Waals surface area contributed by atoms with Gasteiger partial charge in [0.15, 0.2) is 17.3 Å². The highest BCUT2D eigenvalue weighted by atomic mass is 16.5. The van der Waals surface area contributed by atoms with Crippen molar-refractivity contribution in [3.63, 3.8) is 0 Å². The molecule has 0 bridgehead atoms. The van der Waals surface area contributed by atoms with Crippen molar-refractivity contribution in [2.75, 3.05) is 0 Å². The van der Waals surface area contributed by atoms with E-state index in [1.165, 1.54) is 6.92 Å². The number of hydrogen-bond donors (Lipinski definition) is 0. The highest BCUT2D eigenvalue weighted by molar-refractivity contribution is 5.97. The zero-order valence-corrected chi connectivity index (χ0v) is 16.2. The maximum atomic E-state index is 12.5. The zero-order chi connectivity index (χ0) is 20.1. The number of ether oxygens (including phenoxy) is 1. The predicted octanol–water partition coefficient (Wildman–Crippen LogP) is 4.08. The van der Waals surface area contributed by atoms with Crippen LogP contribution in [0.15, 0.2) is 64.7 Å². The van der Waals surface area contributed by atoms with E-state index in [1.807, 2.05) is 37.3 Å². The maximum Gasteiger partial charge on any atom is 0.228 e. The number of aryl methyl sites for hydroxylation is 1. The average Bonchev–Trinajstić information content (AvgIpc) is 3.37. The Kier molecular flexibility index (Phi) is 3.84. The molecule has 1 aromatic carbocycles. The molecule has 1 aliphatic heterocycles. The van der Waals surface area contributed by atoms with E-state index < -0.39 is 5.92 Å². The number of ketones is 1. The summed E-state index contributed by atoms with van der Waals surface area (Å²) >= 11 is 0. The minimum absolute atomic E-state index is 0.0881. The molecule has 0 radical (unpaired) electrons. The molecule has 5 rings (SSSR count). The zero-order valence-electron chi connectivity index (χ0n) is 16.2. The lowest BCUT2D eigenvalue weighted by atomic mass is 9.85. The molecule has 7 nitrogen and oxygen atoms in total. The van der Waals surface area contributed by atoms with Crippen LogP contribution in [0, 0.1) is 6.92 Å². The van der Waals surface area contributed by atoms with Crippen LogP contribution in [-0.4, -0.2) is 25.4 Å². The molecule has 3 aromatic heterocycles. The van der Waals surface area contributed by atoms with Gasteiger partial charge in [0.1, 0.15) is 17.8 Å². The van der Waals surface area contributed by atoms with Gasteiger partial charge in [-0.25, -0.2) is 14.5 Å². The Labute approximate surface area is 166 Å². The molecule has 4 heterocycles. The summed E-state index contributed by atoms with van der Waals surface area (Å²) in [4.78, 5) is 21.7. The van der Waals surface area contributed by atoms with E-state index >= 15 is 0 Å². The first-order valence-electron chi connectivity index (χ1n) is 9.28. The highest BCUT2D eigenvalue weighted by Crippen LogP contribution is 2.44. The number of furan rings is 1. The second kappa shape index (κ2) is 6.41. The Morgan fingerprint density at radius 1 is 1.14 bits per heavy atom. The largest absolute Gasteiger partial charge is 0.468 e. The molecule has 0 spiro atoms. The Hall–Kier alpha value is -3.74. The number of fused-ring (bicyclic) bond motifs is 3. The molecule has 0 N–H and O–H groups in total. The van der Waals surface area contributed by atoms with Gasteiger partial charge in [0.25, 0.3) is 0 Å². The van der Waals surface area contributed by atoms with Crippen molar-refractivity contribution in [3.8, 4) is 17.3 Å². The number of carbonyl (C=O) groups excluding carboxylic acids is 1. The summed E-state index contributed by atoms with van der Waals surface area (Å²) < 4.78 is 13.2. The summed E-state index contributed by atoms with van der Waals surface area (Å²) in [7, 11) is 0. The van der Waals surface area contributed by atoms with E-state index in [0.29, 0.717) is 40.0 Å². The summed E-state index contributed by atoms with van der Waals surface area (Å²) in [5.74, 6) is 1.58. The van der Waals surface area contributed by atoms with Crippen molar-refractivity contribution < 1.29 is 13.9 Å². The lowest BCUT2D eigenvalue weighted by Gasteiger charge is -2.26. The fraction of sp³-hybridized carbons (Fsp3) is 0.182. The van der Waals surface area contributed by atoms with E-state index in [0.717, 1.165) is 11.1 Å². The molecule has 144 valence electrons. The smallest absolute Gasteiger partial charge is 0.228 e. The van der Waals surface area contributed by atoms with Gasteiger partial charge in [-0.15, -0.1) is 5.10 Å². The molecule has 1 aliphatic rings. The van der Waals surface area contributed by atoms with Crippen molar-refractivity contribution in [2.45, 2.75) is 26.7 Å². The van der Waals surface area contributed by atoms with Gasteiger partial charge in [0.2, 0.25) is 5.88 Å². The van der Waals surface area contributed by atoms with Crippen molar-refractivity contribution in [3.05, 3.63) is 77.2 Å². The van der Waals surface area contributed by atoms with E-state index in [1.54, 1.807) is 30.1 Å². The molecule has 0 amide bonds. The normalized spacial score (nSPS) is 16.0. The van der Waals surface area contributed by atoms with E-state index in [2.05, 4.69) is 10.1 Å². The number of Topliss-reactive ketones (excluding diaryl/α,β-unsaturated/α-hetero) is 1. The van der Waals surface area contributed by atoms with Gasteiger partial charge >= 0.3 is 0 Å². The Bertz CT molecular complexity index is 1270. The number of carbonyl (C=O) groups is 1. The summed E-state index contributed by atoms with van der Waals surface area (Å²) in [6, 6.07) is 11.6. The Morgan fingerprint density at radius 3 is 2.62 bits per heavy atom. The van der Waals surface area contributed by atoms with Crippen LogP contribution in [0.3, 0.4) is 0 Å². The molecule has 7 heteroatoms. The first-order chi connectivity index (χ1) is 14.0. The summed E-state index contributed by atoms with van der Waals surface area (Å²) in [6.07, 6.45) is 3.16. The van der Waals surface area contributed by atoms with Crippen molar-refractivity contribution in [1.29, 1.82) is 0 Å². The first kappa shape index (κ1) is 17.4. The molecule has 29 heavy (non-hydrogen) atoms. The van der Waals surface area contributed by atoms with Crippen LogP contribution in [0.1, 0.15) is 36.7 Å². The number of benzene rings is 1. The van der Waals surface area contributed by atoms with Crippen LogP contribution in [0.2, 0.25) is 0 Å². The Balaban J connectivity index is 1.76. The quantitative estimate of drug-likeness (QED) is 0.528. The standard InChI is InChI=1S/C22H18N4O3/c1-12-6-8-15(9-7-12)20-24-21-19-18(16-5-4-10-28-16)17(13(2)27)14(3)29-22(19)23-11-26(21)25-20/h4-11,18H,1-3H3/t18-/m1/s1. The highest BCUT2D eigenvalue weighted by Gasteiger charge is 2.37. The van der Waals surface area contributed by atoms with Gasteiger partial charge in [0, 0.05) is 11.1 Å². The van der Waals surface area contributed by atoms with Crippen LogP contribution in [0.4, 0.5) is 0 Å². The van der Waals surface area contributed by atoms with Crippen LogP contribution >= 0.6 is 0 Å². The second-order valence-corrected chi connectivity index (χ2v) is 7.11. The van der Waals surface area contributed by atoms with Gasteiger partial charge in [-0.2, -0.15) is 0 Å². The summed E-state index contributed by atoms with van der Waals surface area (Å²) in [5, 5.41) is 4.58. The fourth-order valence-electron chi connectivity index (χ4n) is 3.76. The lowest BCUT2D eigenvalue weighted by Crippen LogP contribution is -2.21. The van der Waals surface area contributed by atoms with Gasteiger partial charge in [-0.1, -0.05) is 29.8 Å². The van der Waals surface area contributed by atoms with Crippen LogP contribution in [0.25, 0.3) is 17.0 Å². The molecule has 4 aromatic rings. The first-order valence-corrected chi connectivity index (χ1v) is 9.28. The second-order valence-electron chi connectivity index (χ2n) is 7.11. The molecule has 0 aliphatic carbocycles. The molecule has 1 atom stereocenters. The van der Waals surface area contributed by atoms with Crippen LogP contribution < -0.4 is 4.74 Å². The van der Waals surface area contributed by atoms with Gasteiger partial charge in [0.05, 0.1) is 17.7 Å². The minimum atomic E-state index is -0.461. The number of allylic oxidation sites excluding steroid dienone is 2. The molecule has 0 unspecified atom stereocenters. The van der Waals surface area contributed by atoms with Gasteiger partial charge in [-0.05, 0) is 32.9 Å². The monoisotopic (exact) mass is 386 g/mol. The van der Waals surface area contributed by atoms with Gasteiger partial charge in [-0.3, -0.25) is 4.79 Å². The topological polar surface area (TPSA) is 82.5 Å². The van der Waals surface area contributed by atoms with Crippen molar-refractivity contribution >= 4 is 11.4 Å². The fourth-order valence-corrected chi connectivity index (χ4v) is 3.76. The molecule has 0 fully saturated rings. The summed E-state index contributed by atoms with van der Waals surface area (Å²) in [5.41, 5.74) is 3.84. The SMILES string of the molecule is CC(=O)C1=C(C)Oc2ncn3nc(-c4ccc(C)cc4)nc3c2[C@@H]1c1ccco1. The molecular weight excluding hydrogens is 368 g/mol. The predicted molar refractivity (Wildman–Crippen MR) is 106 cm³/mol.